The second-order valence-electron chi connectivity index (χ2n) is 6.17. The van der Waals surface area contributed by atoms with E-state index in [1.165, 1.54) is 6.26 Å². The zero-order valence-electron chi connectivity index (χ0n) is 14.4. The lowest BCUT2D eigenvalue weighted by Gasteiger charge is -2.11. The van der Waals surface area contributed by atoms with Gasteiger partial charge in [-0.15, -0.1) is 0 Å². The number of hydrogen-bond donors (Lipinski definition) is 1. The molecule has 0 saturated carbocycles. The van der Waals surface area contributed by atoms with Crippen LogP contribution in [0.2, 0.25) is 0 Å². The number of fused-ring (bicyclic) bond motifs is 1. The van der Waals surface area contributed by atoms with Crippen molar-refractivity contribution in [2.75, 3.05) is 17.7 Å². The molecule has 0 aliphatic carbocycles. The molecular formula is C16H26N4O2S. The van der Waals surface area contributed by atoms with E-state index < -0.39 is 9.84 Å². The fourth-order valence-electron chi connectivity index (χ4n) is 2.84. The molecule has 6 nitrogen and oxygen atoms in total. The van der Waals surface area contributed by atoms with E-state index in [1.54, 1.807) is 0 Å². The molecule has 2 aromatic heterocycles. The number of rotatable bonds is 7. The van der Waals surface area contributed by atoms with Gasteiger partial charge in [0.2, 0.25) is 0 Å². The summed E-state index contributed by atoms with van der Waals surface area (Å²) < 4.78 is 24.7. The first-order chi connectivity index (χ1) is 10.7. The number of nitrogens with zero attached hydrogens (tertiary/aromatic N) is 3. The van der Waals surface area contributed by atoms with Crippen molar-refractivity contribution in [3.8, 4) is 0 Å². The normalized spacial score (nSPS) is 12.2. The minimum absolute atomic E-state index is 0.227. The molecule has 0 aliphatic rings. The fraction of sp³-hybridized carbons (Fsp3) is 0.625. The van der Waals surface area contributed by atoms with Gasteiger partial charge in [-0.25, -0.2) is 18.4 Å². The lowest BCUT2D eigenvalue weighted by molar-refractivity contribution is 0.583. The van der Waals surface area contributed by atoms with Crippen LogP contribution in [0.15, 0.2) is 0 Å². The Bertz CT molecular complexity index is 809. The number of aryl methyl sites for hydroxylation is 4. The smallest absolute Gasteiger partial charge is 0.151 e. The minimum Gasteiger partial charge on any atom is -0.382 e. The highest BCUT2D eigenvalue weighted by Crippen LogP contribution is 2.27. The third-order valence-corrected chi connectivity index (χ3v) is 5.13. The first-order valence-corrected chi connectivity index (χ1v) is 10.1. The molecule has 0 bridgehead atoms. The van der Waals surface area contributed by atoms with Crippen molar-refractivity contribution in [2.45, 2.75) is 53.0 Å². The number of anilines is 1. The third kappa shape index (κ3) is 4.02. The largest absolute Gasteiger partial charge is 0.382 e. The molecule has 2 rings (SSSR count). The van der Waals surface area contributed by atoms with Gasteiger partial charge in [0.05, 0.1) is 5.52 Å². The van der Waals surface area contributed by atoms with Gasteiger partial charge >= 0.3 is 0 Å². The highest BCUT2D eigenvalue weighted by molar-refractivity contribution is 7.90. The van der Waals surface area contributed by atoms with Crippen molar-refractivity contribution in [2.24, 2.45) is 0 Å². The average molecular weight is 338 g/mol. The van der Waals surface area contributed by atoms with Crippen molar-refractivity contribution in [1.82, 2.24) is 14.5 Å². The van der Waals surface area contributed by atoms with Gasteiger partial charge in [-0.1, -0.05) is 6.92 Å². The van der Waals surface area contributed by atoms with Gasteiger partial charge in [0, 0.05) is 30.7 Å². The molecule has 23 heavy (non-hydrogen) atoms. The summed E-state index contributed by atoms with van der Waals surface area (Å²) in [6.45, 7) is 6.86. The lowest BCUT2D eigenvalue weighted by Crippen LogP contribution is -2.08. The van der Waals surface area contributed by atoms with Crippen LogP contribution in [0.1, 0.15) is 43.3 Å². The van der Waals surface area contributed by atoms with E-state index in [9.17, 15) is 8.42 Å². The molecule has 0 aromatic carbocycles. The number of hydrogen-bond acceptors (Lipinski definition) is 5. The molecular weight excluding hydrogens is 312 g/mol. The molecule has 0 fully saturated rings. The first kappa shape index (κ1) is 17.7. The highest BCUT2D eigenvalue weighted by atomic mass is 32.2. The lowest BCUT2D eigenvalue weighted by atomic mass is 10.2. The highest BCUT2D eigenvalue weighted by Gasteiger charge is 2.17. The number of sulfone groups is 1. The van der Waals surface area contributed by atoms with E-state index >= 15 is 0 Å². The molecule has 0 amide bonds. The second kappa shape index (κ2) is 6.86. The van der Waals surface area contributed by atoms with Gasteiger partial charge in [-0.05, 0) is 38.7 Å². The maximum absolute atomic E-state index is 11.3. The van der Waals surface area contributed by atoms with Crippen LogP contribution >= 0.6 is 0 Å². The Balaban J connectivity index is 2.37. The van der Waals surface area contributed by atoms with Gasteiger partial charge in [0.1, 0.15) is 21.2 Å². The summed E-state index contributed by atoms with van der Waals surface area (Å²) in [6.07, 6.45) is 4.61. The summed E-state index contributed by atoms with van der Waals surface area (Å²) >= 11 is 0. The molecule has 0 saturated heterocycles. The molecule has 0 aliphatic heterocycles. The Kier molecular flexibility index (Phi) is 5.29. The molecule has 0 spiro atoms. The zero-order valence-corrected chi connectivity index (χ0v) is 15.2. The second-order valence-corrected chi connectivity index (χ2v) is 8.43. The van der Waals surface area contributed by atoms with E-state index in [-0.39, 0.29) is 5.75 Å². The Labute approximate surface area is 138 Å². The predicted molar refractivity (Wildman–Crippen MR) is 94.4 cm³/mol. The molecule has 128 valence electrons. The molecule has 0 atom stereocenters. The van der Waals surface area contributed by atoms with Crippen LogP contribution < -0.4 is 5.73 Å². The number of aromatic nitrogens is 3. The predicted octanol–water partition coefficient (Wildman–Crippen LogP) is 2.41. The maximum Gasteiger partial charge on any atom is 0.151 e. The molecule has 7 heteroatoms. The van der Waals surface area contributed by atoms with Crippen molar-refractivity contribution < 1.29 is 8.42 Å². The van der Waals surface area contributed by atoms with Gasteiger partial charge in [0.15, 0.2) is 5.82 Å². The van der Waals surface area contributed by atoms with Gasteiger partial charge in [0.25, 0.3) is 0 Å². The summed E-state index contributed by atoms with van der Waals surface area (Å²) in [5.41, 5.74) is 9.86. The van der Waals surface area contributed by atoms with Crippen LogP contribution in [0, 0.1) is 13.8 Å². The van der Waals surface area contributed by atoms with Crippen molar-refractivity contribution in [1.29, 1.82) is 0 Å². The number of pyridine rings is 1. The number of nitrogen functional groups attached to an aromatic ring is 1. The average Bonchev–Trinajstić information content (AvgIpc) is 2.80. The standard InChI is InChI=1S/C16H26N4O2S/c1-5-8-13-19-14-15(11(2)12(3)18-16(14)17)20(13)9-6-7-10-23(4,21)22/h5-10H2,1-4H3,(H2,17,18). The molecule has 2 heterocycles. The number of nitrogens with two attached hydrogens (primary N) is 1. The summed E-state index contributed by atoms with van der Waals surface area (Å²) in [5.74, 6) is 1.70. The molecule has 0 radical (unpaired) electrons. The van der Waals surface area contributed by atoms with E-state index in [4.69, 9.17) is 5.73 Å². The Morgan fingerprint density at radius 2 is 1.87 bits per heavy atom. The van der Waals surface area contributed by atoms with Crippen LogP contribution in [0.5, 0.6) is 0 Å². The van der Waals surface area contributed by atoms with E-state index in [0.29, 0.717) is 12.2 Å². The summed E-state index contributed by atoms with van der Waals surface area (Å²) in [4.78, 5) is 9.06. The number of unbranched alkanes of at least 4 members (excludes halogenated alkanes) is 1. The van der Waals surface area contributed by atoms with Gasteiger partial charge in [-0.3, -0.25) is 0 Å². The van der Waals surface area contributed by atoms with Gasteiger partial charge < -0.3 is 10.3 Å². The summed E-state index contributed by atoms with van der Waals surface area (Å²) in [7, 11) is -2.90. The molecule has 0 unspecified atom stereocenters. The SMILES string of the molecule is CCCc1nc2c(N)nc(C)c(C)c2n1CCCCS(C)(=O)=O. The monoisotopic (exact) mass is 338 g/mol. The van der Waals surface area contributed by atoms with Crippen LogP contribution in [-0.4, -0.2) is 35.0 Å². The molecule has 2 N–H and O–H groups in total. The zero-order chi connectivity index (χ0) is 17.2. The number of imidazole rings is 1. The van der Waals surface area contributed by atoms with Crippen LogP contribution in [0.4, 0.5) is 5.82 Å². The van der Waals surface area contributed by atoms with Crippen LogP contribution in [0.3, 0.4) is 0 Å². The Morgan fingerprint density at radius 3 is 2.48 bits per heavy atom. The molecule has 2 aromatic rings. The van der Waals surface area contributed by atoms with Crippen LogP contribution in [-0.2, 0) is 22.8 Å². The van der Waals surface area contributed by atoms with Gasteiger partial charge in [-0.2, -0.15) is 0 Å². The quantitative estimate of drug-likeness (QED) is 0.783. The van der Waals surface area contributed by atoms with E-state index in [2.05, 4.69) is 21.5 Å². The Morgan fingerprint density at radius 1 is 1.17 bits per heavy atom. The van der Waals surface area contributed by atoms with Crippen molar-refractivity contribution >= 4 is 26.7 Å². The third-order valence-electron chi connectivity index (χ3n) is 4.10. The summed E-state index contributed by atoms with van der Waals surface area (Å²) in [6, 6.07) is 0. The van der Waals surface area contributed by atoms with E-state index in [0.717, 1.165) is 53.9 Å². The fourth-order valence-corrected chi connectivity index (χ4v) is 3.56. The van der Waals surface area contributed by atoms with Crippen molar-refractivity contribution in [3.63, 3.8) is 0 Å². The van der Waals surface area contributed by atoms with Crippen LogP contribution in [0.25, 0.3) is 11.0 Å². The summed E-state index contributed by atoms with van der Waals surface area (Å²) in [5, 5.41) is 0. The van der Waals surface area contributed by atoms with E-state index in [1.807, 2.05) is 13.8 Å². The maximum atomic E-state index is 11.3. The first-order valence-electron chi connectivity index (χ1n) is 8.04. The van der Waals surface area contributed by atoms with Crippen molar-refractivity contribution in [3.05, 3.63) is 17.1 Å². The minimum atomic E-state index is -2.90. The Hall–Kier alpha value is -1.63. The topological polar surface area (TPSA) is 90.9 Å².